The molecule has 0 aliphatic heterocycles. The summed E-state index contributed by atoms with van der Waals surface area (Å²) in [5.41, 5.74) is 11.1. The molecule has 0 N–H and O–H groups in total. The predicted octanol–water partition coefficient (Wildman–Crippen LogP) is 10.0. The van der Waals surface area contributed by atoms with Gasteiger partial charge in [-0.15, -0.1) is 0 Å². The Balaban J connectivity index is 1.84. The fraction of sp³-hybridized carbons (Fsp3) is 0.0556. The molecule has 0 unspecified atom stereocenters. The average molecular weight is 512 g/mol. The van der Waals surface area contributed by atoms with Gasteiger partial charge in [0.1, 0.15) is 11.6 Å². The molecule has 0 atom stereocenters. The Labute approximate surface area is 227 Å². The number of hydrogen-bond donors (Lipinski definition) is 0. The summed E-state index contributed by atoms with van der Waals surface area (Å²) in [5, 5.41) is 0. The number of hydrogen-bond acceptors (Lipinski definition) is 0. The zero-order valence-electron chi connectivity index (χ0n) is 21.8. The standard InChI is InChI=1S/C36H27F2N/c1-24-8-12-26(13-9-24)33-34(27-16-20-30(37)21-17-27)35(28-14-10-25(2)11-15-28)39(32-6-4-3-5-7-32)36(33)29-18-22-31(38)23-19-29/h3-23H,1-2H3. The van der Waals surface area contributed by atoms with Gasteiger partial charge in [0.15, 0.2) is 0 Å². The zero-order valence-corrected chi connectivity index (χ0v) is 21.8. The van der Waals surface area contributed by atoms with E-state index in [0.29, 0.717) is 0 Å². The summed E-state index contributed by atoms with van der Waals surface area (Å²) in [6.07, 6.45) is 0. The molecule has 5 aromatic carbocycles. The van der Waals surface area contributed by atoms with Gasteiger partial charge in [-0.05, 0) is 84.6 Å². The summed E-state index contributed by atoms with van der Waals surface area (Å²) in [7, 11) is 0. The van der Waals surface area contributed by atoms with Crippen LogP contribution < -0.4 is 0 Å². The topological polar surface area (TPSA) is 4.93 Å². The van der Waals surface area contributed by atoms with E-state index in [4.69, 9.17) is 0 Å². The van der Waals surface area contributed by atoms with Crippen LogP contribution in [0.15, 0.2) is 127 Å². The van der Waals surface area contributed by atoms with E-state index in [1.165, 1.54) is 24.3 Å². The first-order chi connectivity index (χ1) is 19.0. The molecule has 0 radical (unpaired) electrons. The largest absolute Gasteiger partial charge is 0.308 e. The first-order valence-corrected chi connectivity index (χ1v) is 13.0. The highest BCUT2D eigenvalue weighted by Gasteiger charge is 2.28. The number of aryl methyl sites for hydroxylation is 2. The monoisotopic (exact) mass is 511 g/mol. The van der Waals surface area contributed by atoms with Crippen LogP contribution in [0.25, 0.3) is 50.5 Å². The van der Waals surface area contributed by atoms with Gasteiger partial charge >= 0.3 is 0 Å². The minimum absolute atomic E-state index is 0.284. The van der Waals surface area contributed by atoms with Crippen molar-refractivity contribution in [2.24, 2.45) is 0 Å². The molecule has 1 heterocycles. The van der Waals surface area contributed by atoms with Gasteiger partial charge in [0.25, 0.3) is 0 Å². The first kappa shape index (κ1) is 24.6. The van der Waals surface area contributed by atoms with Crippen LogP contribution >= 0.6 is 0 Å². The van der Waals surface area contributed by atoms with Crippen molar-refractivity contribution in [1.82, 2.24) is 4.57 Å². The van der Waals surface area contributed by atoms with Crippen molar-refractivity contribution >= 4 is 0 Å². The van der Waals surface area contributed by atoms with Gasteiger partial charge in [-0.25, -0.2) is 8.78 Å². The Hall–Kier alpha value is -4.76. The predicted molar refractivity (Wildman–Crippen MR) is 157 cm³/mol. The average Bonchev–Trinajstić information content (AvgIpc) is 3.31. The maximum atomic E-state index is 14.1. The van der Waals surface area contributed by atoms with Crippen molar-refractivity contribution < 1.29 is 8.78 Å². The maximum absolute atomic E-state index is 14.1. The summed E-state index contributed by atoms with van der Waals surface area (Å²) in [6, 6.07) is 40.5. The fourth-order valence-corrected chi connectivity index (χ4v) is 5.17. The van der Waals surface area contributed by atoms with Gasteiger partial charge in [0.05, 0.1) is 11.4 Å². The highest BCUT2D eigenvalue weighted by molar-refractivity contribution is 6.03. The molecule has 0 amide bonds. The Morgan fingerprint density at radius 3 is 1.21 bits per heavy atom. The minimum Gasteiger partial charge on any atom is -0.308 e. The number of nitrogens with zero attached hydrogens (tertiary/aromatic N) is 1. The molecular weight excluding hydrogens is 484 g/mol. The molecule has 1 aromatic heterocycles. The van der Waals surface area contributed by atoms with Crippen molar-refractivity contribution in [3.8, 4) is 50.5 Å². The van der Waals surface area contributed by atoms with Gasteiger partial charge in [-0.2, -0.15) is 0 Å². The molecule has 6 rings (SSSR count). The van der Waals surface area contributed by atoms with Gasteiger partial charge in [0, 0.05) is 16.8 Å². The van der Waals surface area contributed by atoms with Crippen LogP contribution in [0.2, 0.25) is 0 Å². The van der Waals surface area contributed by atoms with E-state index in [-0.39, 0.29) is 11.6 Å². The van der Waals surface area contributed by atoms with Crippen LogP contribution in [0, 0.1) is 25.5 Å². The lowest BCUT2D eigenvalue weighted by Crippen LogP contribution is -2.00. The molecule has 0 saturated carbocycles. The van der Waals surface area contributed by atoms with Crippen LogP contribution in [-0.2, 0) is 0 Å². The number of rotatable bonds is 5. The number of halogens is 2. The molecular formula is C36H27F2N. The van der Waals surface area contributed by atoms with Gasteiger partial charge in [-0.3, -0.25) is 0 Å². The zero-order chi connectivity index (χ0) is 26.9. The molecule has 0 spiro atoms. The molecule has 0 aliphatic carbocycles. The highest BCUT2D eigenvalue weighted by atomic mass is 19.1. The van der Waals surface area contributed by atoms with Crippen molar-refractivity contribution in [2.45, 2.75) is 13.8 Å². The molecule has 39 heavy (non-hydrogen) atoms. The Kier molecular flexibility index (Phi) is 6.42. The Bertz CT molecular complexity index is 1620. The highest BCUT2D eigenvalue weighted by Crippen LogP contribution is 2.49. The minimum atomic E-state index is -0.286. The van der Waals surface area contributed by atoms with E-state index in [9.17, 15) is 8.78 Å². The summed E-state index contributed by atoms with van der Waals surface area (Å²) >= 11 is 0. The lowest BCUT2D eigenvalue weighted by Gasteiger charge is -2.16. The van der Waals surface area contributed by atoms with E-state index >= 15 is 0 Å². The van der Waals surface area contributed by atoms with E-state index in [1.807, 2.05) is 42.5 Å². The fourth-order valence-electron chi connectivity index (χ4n) is 5.17. The second-order valence-corrected chi connectivity index (χ2v) is 9.86. The van der Waals surface area contributed by atoms with Crippen LogP contribution in [0.5, 0.6) is 0 Å². The SMILES string of the molecule is Cc1ccc(-c2c(-c3ccc(F)cc3)c(-c3ccc(C)cc3)n(-c3ccccc3)c2-c2ccc(F)cc2)cc1. The smallest absolute Gasteiger partial charge is 0.123 e. The molecule has 0 aliphatic rings. The van der Waals surface area contributed by atoms with E-state index in [1.54, 1.807) is 0 Å². The summed E-state index contributed by atoms with van der Waals surface area (Å²) in [4.78, 5) is 0. The number of para-hydroxylation sites is 1. The molecule has 1 nitrogen and oxygen atoms in total. The van der Waals surface area contributed by atoms with Crippen LogP contribution in [-0.4, -0.2) is 4.57 Å². The van der Waals surface area contributed by atoms with Crippen LogP contribution in [0.4, 0.5) is 8.78 Å². The van der Waals surface area contributed by atoms with Crippen molar-refractivity contribution in [1.29, 1.82) is 0 Å². The van der Waals surface area contributed by atoms with Crippen molar-refractivity contribution in [3.05, 3.63) is 150 Å². The summed E-state index contributed by atoms with van der Waals surface area (Å²) < 4.78 is 30.5. The third-order valence-corrected chi connectivity index (χ3v) is 7.10. The lowest BCUT2D eigenvalue weighted by molar-refractivity contribution is 0.627. The summed E-state index contributed by atoms with van der Waals surface area (Å²) in [5.74, 6) is -0.570. The molecule has 6 aromatic rings. The second kappa shape index (κ2) is 10.2. The first-order valence-electron chi connectivity index (χ1n) is 13.0. The normalized spacial score (nSPS) is 11.1. The van der Waals surface area contributed by atoms with E-state index in [0.717, 1.165) is 61.6 Å². The van der Waals surface area contributed by atoms with Crippen LogP contribution in [0.3, 0.4) is 0 Å². The molecule has 190 valence electrons. The Morgan fingerprint density at radius 1 is 0.410 bits per heavy atom. The molecule has 0 fully saturated rings. The molecule has 3 heteroatoms. The Morgan fingerprint density at radius 2 is 0.769 bits per heavy atom. The second-order valence-electron chi connectivity index (χ2n) is 9.86. The van der Waals surface area contributed by atoms with Gasteiger partial charge in [-0.1, -0.05) is 90.0 Å². The molecule has 0 saturated heterocycles. The maximum Gasteiger partial charge on any atom is 0.123 e. The lowest BCUT2D eigenvalue weighted by atomic mass is 9.91. The van der Waals surface area contributed by atoms with Gasteiger partial charge in [0.2, 0.25) is 0 Å². The molecule has 0 bridgehead atoms. The van der Waals surface area contributed by atoms with Gasteiger partial charge < -0.3 is 4.57 Å². The third-order valence-electron chi connectivity index (χ3n) is 7.10. The van der Waals surface area contributed by atoms with Crippen LogP contribution in [0.1, 0.15) is 11.1 Å². The van der Waals surface area contributed by atoms with Crippen molar-refractivity contribution in [2.75, 3.05) is 0 Å². The van der Waals surface area contributed by atoms with E-state index in [2.05, 4.69) is 79.1 Å². The number of aromatic nitrogens is 1. The van der Waals surface area contributed by atoms with E-state index < -0.39 is 0 Å². The summed E-state index contributed by atoms with van der Waals surface area (Å²) in [6.45, 7) is 4.14. The third kappa shape index (κ3) is 4.68. The quantitative estimate of drug-likeness (QED) is 0.217. The van der Waals surface area contributed by atoms with Crippen molar-refractivity contribution in [3.63, 3.8) is 0 Å². The number of benzene rings is 5.